The molecule has 0 amide bonds. The maximum absolute atomic E-state index is 9.78. The van der Waals surface area contributed by atoms with Crippen LogP contribution in [0.15, 0.2) is 42.5 Å². The number of hydrogen-bond acceptors (Lipinski definition) is 3. The monoisotopic (exact) mass is 261 g/mol. The number of phenolic OH excluding ortho intramolecular Hbond substituents is 1. The summed E-state index contributed by atoms with van der Waals surface area (Å²) in [6, 6.07) is 12.8. The molecule has 0 atom stereocenters. The van der Waals surface area contributed by atoms with E-state index in [4.69, 9.17) is 11.6 Å². The smallest absolute Gasteiger partial charge is 0.128 e. The molecule has 1 aromatic heterocycles. The Morgan fingerprint density at radius 3 is 2.76 bits per heavy atom. The number of hydrogen-bond donors (Lipinski definition) is 1. The highest BCUT2D eigenvalue weighted by Gasteiger charge is 2.09. The molecule has 2 nitrogen and oxygen atoms in total. The molecule has 0 spiro atoms. The summed E-state index contributed by atoms with van der Waals surface area (Å²) in [5, 5.41) is 11.3. The predicted octanol–water partition coefficient (Wildman–Crippen LogP) is 4.32. The van der Waals surface area contributed by atoms with E-state index in [1.807, 2.05) is 30.3 Å². The van der Waals surface area contributed by atoms with Crippen molar-refractivity contribution < 1.29 is 5.11 Å². The third kappa shape index (κ3) is 1.88. The largest absolute Gasteiger partial charge is 0.507 e. The topological polar surface area (TPSA) is 33.1 Å². The molecular weight excluding hydrogens is 254 g/mol. The second-order valence-electron chi connectivity index (χ2n) is 3.65. The Kier molecular flexibility index (Phi) is 2.50. The predicted molar refractivity (Wildman–Crippen MR) is 71.7 cm³/mol. The van der Waals surface area contributed by atoms with Crippen molar-refractivity contribution >= 4 is 33.2 Å². The van der Waals surface area contributed by atoms with Crippen molar-refractivity contribution in [2.75, 3.05) is 0 Å². The first-order valence-electron chi connectivity index (χ1n) is 5.08. The van der Waals surface area contributed by atoms with Crippen molar-refractivity contribution in [3.63, 3.8) is 0 Å². The molecule has 3 aromatic rings. The zero-order chi connectivity index (χ0) is 11.8. The van der Waals surface area contributed by atoms with Crippen LogP contribution in [-0.4, -0.2) is 10.1 Å². The minimum atomic E-state index is 0.248. The van der Waals surface area contributed by atoms with Gasteiger partial charge in [0.05, 0.1) is 15.8 Å². The number of fused-ring (bicyclic) bond motifs is 1. The number of halogens is 1. The molecule has 1 heterocycles. The number of benzene rings is 2. The number of rotatable bonds is 1. The fourth-order valence-corrected chi connectivity index (χ4v) is 2.82. The Morgan fingerprint density at radius 1 is 1.12 bits per heavy atom. The number of thiazole rings is 1. The molecule has 0 aliphatic heterocycles. The van der Waals surface area contributed by atoms with Gasteiger partial charge in [-0.05, 0) is 30.3 Å². The minimum Gasteiger partial charge on any atom is -0.507 e. The molecule has 0 fully saturated rings. The average molecular weight is 262 g/mol. The average Bonchev–Trinajstić information content (AvgIpc) is 2.72. The molecule has 0 bridgehead atoms. The summed E-state index contributed by atoms with van der Waals surface area (Å²) >= 11 is 7.46. The van der Waals surface area contributed by atoms with Crippen LogP contribution in [0.1, 0.15) is 0 Å². The lowest BCUT2D eigenvalue weighted by atomic mass is 10.2. The molecule has 0 aliphatic carbocycles. The van der Waals surface area contributed by atoms with Gasteiger partial charge in [0.2, 0.25) is 0 Å². The third-order valence-electron chi connectivity index (χ3n) is 2.48. The van der Waals surface area contributed by atoms with Gasteiger partial charge in [0.1, 0.15) is 10.8 Å². The van der Waals surface area contributed by atoms with Crippen molar-refractivity contribution in [1.82, 2.24) is 4.98 Å². The summed E-state index contributed by atoms with van der Waals surface area (Å²) in [5.41, 5.74) is 1.62. The van der Waals surface area contributed by atoms with Gasteiger partial charge in [-0.25, -0.2) is 4.98 Å². The molecule has 0 radical (unpaired) electrons. The van der Waals surface area contributed by atoms with Gasteiger partial charge in [-0.15, -0.1) is 11.3 Å². The van der Waals surface area contributed by atoms with Gasteiger partial charge in [0.15, 0.2) is 0 Å². The zero-order valence-electron chi connectivity index (χ0n) is 8.72. The molecule has 0 aliphatic rings. The molecule has 17 heavy (non-hydrogen) atoms. The normalized spacial score (nSPS) is 10.9. The first-order valence-corrected chi connectivity index (χ1v) is 6.28. The van der Waals surface area contributed by atoms with Gasteiger partial charge < -0.3 is 5.11 Å². The standard InChI is InChI=1S/C13H8ClNOS/c14-8-5-6-12-10(7-8)15-13(17-12)9-3-1-2-4-11(9)16/h1-7,16H. The molecule has 0 saturated carbocycles. The van der Waals surface area contributed by atoms with E-state index in [0.717, 1.165) is 20.8 Å². The van der Waals surface area contributed by atoms with E-state index in [2.05, 4.69) is 4.98 Å². The molecule has 2 aromatic carbocycles. The van der Waals surface area contributed by atoms with Crippen LogP contribution in [0.25, 0.3) is 20.8 Å². The Labute approximate surface area is 107 Å². The Bertz CT molecular complexity index is 693. The fourth-order valence-electron chi connectivity index (χ4n) is 1.67. The van der Waals surface area contributed by atoms with Gasteiger partial charge in [-0.1, -0.05) is 23.7 Å². The highest BCUT2D eigenvalue weighted by molar-refractivity contribution is 7.21. The van der Waals surface area contributed by atoms with Crippen LogP contribution in [0.3, 0.4) is 0 Å². The maximum atomic E-state index is 9.78. The van der Waals surface area contributed by atoms with Crippen LogP contribution in [0.2, 0.25) is 5.02 Å². The van der Waals surface area contributed by atoms with E-state index >= 15 is 0 Å². The quantitative estimate of drug-likeness (QED) is 0.708. The molecule has 84 valence electrons. The minimum absolute atomic E-state index is 0.248. The van der Waals surface area contributed by atoms with E-state index in [0.29, 0.717) is 5.02 Å². The van der Waals surface area contributed by atoms with Crippen LogP contribution < -0.4 is 0 Å². The summed E-state index contributed by atoms with van der Waals surface area (Å²) in [4.78, 5) is 4.48. The van der Waals surface area contributed by atoms with Crippen LogP contribution in [0.4, 0.5) is 0 Å². The van der Waals surface area contributed by atoms with Crippen molar-refractivity contribution in [2.45, 2.75) is 0 Å². The van der Waals surface area contributed by atoms with Crippen LogP contribution in [0.5, 0.6) is 5.75 Å². The molecule has 1 N–H and O–H groups in total. The Balaban J connectivity index is 2.22. The lowest BCUT2D eigenvalue weighted by Gasteiger charge is -1.98. The van der Waals surface area contributed by atoms with Crippen LogP contribution in [-0.2, 0) is 0 Å². The molecule has 0 unspecified atom stereocenters. The third-order valence-corrected chi connectivity index (χ3v) is 3.79. The first kappa shape index (κ1) is 10.6. The molecule has 0 saturated heterocycles. The van der Waals surface area contributed by atoms with E-state index < -0.39 is 0 Å². The number of aromatic hydroxyl groups is 1. The Morgan fingerprint density at radius 2 is 1.94 bits per heavy atom. The maximum Gasteiger partial charge on any atom is 0.128 e. The number of para-hydroxylation sites is 1. The van der Waals surface area contributed by atoms with Gasteiger partial charge in [0, 0.05) is 5.02 Å². The lowest BCUT2D eigenvalue weighted by molar-refractivity contribution is 0.477. The first-order chi connectivity index (χ1) is 8.24. The van der Waals surface area contributed by atoms with Gasteiger partial charge >= 0.3 is 0 Å². The highest BCUT2D eigenvalue weighted by Crippen LogP contribution is 2.35. The molecular formula is C13H8ClNOS. The lowest BCUT2D eigenvalue weighted by Crippen LogP contribution is -1.76. The molecule has 4 heteroatoms. The summed E-state index contributed by atoms with van der Waals surface area (Å²) in [6.45, 7) is 0. The van der Waals surface area contributed by atoms with E-state index in [1.165, 1.54) is 0 Å². The van der Waals surface area contributed by atoms with Gasteiger partial charge in [-0.3, -0.25) is 0 Å². The van der Waals surface area contributed by atoms with E-state index in [9.17, 15) is 5.11 Å². The summed E-state index contributed by atoms with van der Waals surface area (Å²) < 4.78 is 1.06. The van der Waals surface area contributed by atoms with Crippen molar-refractivity contribution in [2.24, 2.45) is 0 Å². The van der Waals surface area contributed by atoms with Gasteiger partial charge in [0.25, 0.3) is 0 Å². The van der Waals surface area contributed by atoms with Crippen LogP contribution >= 0.6 is 22.9 Å². The van der Waals surface area contributed by atoms with E-state index in [-0.39, 0.29) is 5.75 Å². The zero-order valence-corrected chi connectivity index (χ0v) is 10.3. The summed E-state index contributed by atoms with van der Waals surface area (Å²) in [5.74, 6) is 0.248. The van der Waals surface area contributed by atoms with Gasteiger partial charge in [-0.2, -0.15) is 0 Å². The number of phenols is 1. The molecule has 3 rings (SSSR count). The Hall–Kier alpha value is -1.58. The number of aromatic nitrogens is 1. The second kappa shape index (κ2) is 4.02. The highest BCUT2D eigenvalue weighted by atomic mass is 35.5. The van der Waals surface area contributed by atoms with E-state index in [1.54, 1.807) is 23.5 Å². The van der Waals surface area contributed by atoms with Crippen molar-refractivity contribution in [3.8, 4) is 16.3 Å². The summed E-state index contributed by atoms with van der Waals surface area (Å²) in [6.07, 6.45) is 0. The SMILES string of the molecule is Oc1ccccc1-c1nc2cc(Cl)ccc2s1. The second-order valence-corrected chi connectivity index (χ2v) is 5.12. The summed E-state index contributed by atoms with van der Waals surface area (Å²) in [7, 11) is 0. The van der Waals surface area contributed by atoms with Crippen molar-refractivity contribution in [3.05, 3.63) is 47.5 Å². The number of nitrogens with zero attached hydrogens (tertiary/aromatic N) is 1. The van der Waals surface area contributed by atoms with Crippen molar-refractivity contribution in [1.29, 1.82) is 0 Å². The van der Waals surface area contributed by atoms with Crippen LogP contribution in [0, 0.1) is 0 Å². The fraction of sp³-hybridized carbons (Fsp3) is 0.